The molecule has 0 amide bonds. The first-order valence-electron chi connectivity index (χ1n) is 7.74. The molecule has 1 aliphatic rings. The summed E-state index contributed by atoms with van der Waals surface area (Å²) in [4.78, 5) is 0. The first kappa shape index (κ1) is 16.0. The number of hydrogen-bond donors (Lipinski definition) is 1. The van der Waals surface area contributed by atoms with Crippen molar-refractivity contribution >= 4 is 15.9 Å². The van der Waals surface area contributed by atoms with E-state index in [1.165, 1.54) is 38.2 Å². The molecule has 0 saturated heterocycles. The molecule has 1 fully saturated rings. The lowest BCUT2D eigenvalue weighted by Crippen LogP contribution is -2.41. The van der Waals surface area contributed by atoms with Crippen LogP contribution in [0.5, 0.6) is 0 Å². The lowest BCUT2D eigenvalue weighted by molar-refractivity contribution is 0.354. The monoisotopic (exact) mass is 341 g/mol. The van der Waals surface area contributed by atoms with Gasteiger partial charge in [-0.25, -0.2) is 4.39 Å². The SMILES string of the molecule is CCCC1CCCC(N)(Cc2cc(F)cc(Br)c2)CC1. The van der Waals surface area contributed by atoms with E-state index >= 15 is 0 Å². The normalized spacial score (nSPS) is 27.3. The summed E-state index contributed by atoms with van der Waals surface area (Å²) in [6.07, 6.45) is 9.22. The van der Waals surface area contributed by atoms with Crippen LogP contribution in [0.3, 0.4) is 0 Å². The van der Waals surface area contributed by atoms with Crippen LogP contribution in [0.15, 0.2) is 22.7 Å². The molecule has 0 bridgehead atoms. The van der Waals surface area contributed by atoms with Gasteiger partial charge >= 0.3 is 0 Å². The molecular formula is C17H25BrFN. The Morgan fingerprint density at radius 1 is 1.30 bits per heavy atom. The molecule has 2 rings (SSSR count). The molecular weight excluding hydrogens is 317 g/mol. The predicted octanol–water partition coefficient (Wildman–Crippen LogP) is 5.21. The van der Waals surface area contributed by atoms with Crippen LogP contribution in [0.1, 0.15) is 57.4 Å². The molecule has 0 heterocycles. The highest BCUT2D eigenvalue weighted by atomic mass is 79.9. The van der Waals surface area contributed by atoms with Crippen molar-refractivity contribution in [3.8, 4) is 0 Å². The van der Waals surface area contributed by atoms with Crippen molar-refractivity contribution in [1.29, 1.82) is 0 Å². The molecule has 20 heavy (non-hydrogen) atoms. The van der Waals surface area contributed by atoms with Gasteiger partial charge in [0.25, 0.3) is 0 Å². The van der Waals surface area contributed by atoms with Gasteiger partial charge < -0.3 is 5.73 Å². The summed E-state index contributed by atoms with van der Waals surface area (Å²) >= 11 is 3.36. The third-order valence-electron chi connectivity index (χ3n) is 4.51. The van der Waals surface area contributed by atoms with Crippen LogP contribution in [-0.4, -0.2) is 5.54 Å². The number of hydrogen-bond acceptors (Lipinski definition) is 1. The lowest BCUT2D eigenvalue weighted by atomic mass is 9.84. The van der Waals surface area contributed by atoms with Crippen LogP contribution < -0.4 is 5.73 Å². The van der Waals surface area contributed by atoms with Crippen molar-refractivity contribution in [2.45, 2.75) is 63.8 Å². The lowest BCUT2D eigenvalue weighted by Gasteiger charge is -2.28. The molecule has 0 aliphatic heterocycles. The fraction of sp³-hybridized carbons (Fsp3) is 0.647. The van der Waals surface area contributed by atoms with E-state index in [2.05, 4.69) is 22.9 Å². The van der Waals surface area contributed by atoms with Gasteiger partial charge in [-0.3, -0.25) is 0 Å². The Balaban J connectivity index is 2.03. The van der Waals surface area contributed by atoms with E-state index in [9.17, 15) is 4.39 Å². The Morgan fingerprint density at radius 3 is 2.80 bits per heavy atom. The maximum Gasteiger partial charge on any atom is 0.124 e. The minimum absolute atomic E-state index is 0.157. The average molecular weight is 342 g/mol. The van der Waals surface area contributed by atoms with E-state index in [4.69, 9.17) is 5.73 Å². The maximum atomic E-state index is 13.5. The molecule has 1 aromatic carbocycles. The van der Waals surface area contributed by atoms with Crippen LogP contribution in [0.4, 0.5) is 4.39 Å². The summed E-state index contributed by atoms with van der Waals surface area (Å²) in [5.74, 6) is 0.653. The Kier molecular flexibility index (Phi) is 5.62. The molecule has 2 N–H and O–H groups in total. The molecule has 0 spiro atoms. The van der Waals surface area contributed by atoms with E-state index in [-0.39, 0.29) is 11.4 Å². The first-order valence-corrected chi connectivity index (χ1v) is 8.54. The van der Waals surface area contributed by atoms with E-state index < -0.39 is 0 Å². The summed E-state index contributed by atoms with van der Waals surface area (Å²) in [7, 11) is 0. The smallest absolute Gasteiger partial charge is 0.124 e. The zero-order valence-electron chi connectivity index (χ0n) is 12.3. The van der Waals surface area contributed by atoms with Crippen LogP contribution in [0, 0.1) is 11.7 Å². The van der Waals surface area contributed by atoms with E-state index in [1.54, 1.807) is 6.07 Å². The largest absolute Gasteiger partial charge is 0.325 e. The van der Waals surface area contributed by atoms with Gasteiger partial charge in [-0.1, -0.05) is 48.5 Å². The maximum absolute atomic E-state index is 13.5. The Morgan fingerprint density at radius 2 is 2.10 bits per heavy atom. The minimum Gasteiger partial charge on any atom is -0.325 e. The summed E-state index contributed by atoms with van der Waals surface area (Å²) in [5, 5.41) is 0. The van der Waals surface area contributed by atoms with Gasteiger partial charge in [0.1, 0.15) is 5.82 Å². The van der Waals surface area contributed by atoms with E-state index in [0.29, 0.717) is 0 Å². The summed E-state index contributed by atoms with van der Waals surface area (Å²) in [5.41, 5.74) is 7.46. The zero-order valence-corrected chi connectivity index (χ0v) is 13.9. The topological polar surface area (TPSA) is 26.0 Å². The van der Waals surface area contributed by atoms with Crippen molar-refractivity contribution in [3.63, 3.8) is 0 Å². The fourth-order valence-corrected chi connectivity index (χ4v) is 4.01. The van der Waals surface area contributed by atoms with Gasteiger partial charge in [-0.05, 0) is 55.4 Å². The molecule has 1 nitrogen and oxygen atoms in total. The average Bonchev–Trinajstić information content (AvgIpc) is 2.51. The van der Waals surface area contributed by atoms with Crippen molar-refractivity contribution in [2.75, 3.05) is 0 Å². The van der Waals surface area contributed by atoms with Crippen molar-refractivity contribution in [3.05, 3.63) is 34.1 Å². The molecule has 1 aliphatic carbocycles. The molecule has 0 radical (unpaired) electrons. The molecule has 2 atom stereocenters. The quantitative estimate of drug-likeness (QED) is 0.747. The standard InChI is InChI=1S/C17H25BrFN/c1-2-4-13-5-3-7-17(20,8-6-13)12-14-9-15(18)11-16(19)10-14/h9-11,13H,2-8,12,20H2,1H3. The van der Waals surface area contributed by atoms with Crippen molar-refractivity contribution in [1.82, 2.24) is 0 Å². The number of benzene rings is 1. The summed E-state index contributed by atoms with van der Waals surface area (Å²) < 4.78 is 14.3. The van der Waals surface area contributed by atoms with Gasteiger partial charge in [0.2, 0.25) is 0 Å². The molecule has 1 saturated carbocycles. The van der Waals surface area contributed by atoms with Gasteiger partial charge in [0, 0.05) is 10.0 Å². The molecule has 0 aromatic heterocycles. The molecule has 112 valence electrons. The number of halogens is 2. The summed E-state index contributed by atoms with van der Waals surface area (Å²) in [6.45, 7) is 2.25. The minimum atomic E-state index is -0.185. The third kappa shape index (κ3) is 4.56. The highest BCUT2D eigenvalue weighted by molar-refractivity contribution is 9.10. The van der Waals surface area contributed by atoms with Crippen molar-refractivity contribution < 1.29 is 4.39 Å². The summed E-state index contributed by atoms with van der Waals surface area (Å²) in [6, 6.07) is 5.11. The second kappa shape index (κ2) is 7.04. The van der Waals surface area contributed by atoms with Crippen LogP contribution in [-0.2, 0) is 6.42 Å². The molecule has 1 aromatic rings. The van der Waals surface area contributed by atoms with Gasteiger partial charge in [-0.15, -0.1) is 0 Å². The Bertz CT molecular complexity index is 428. The highest BCUT2D eigenvalue weighted by Crippen LogP contribution is 2.33. The molecule has 2 unspecified atom stereocenters. The Hall–Kier alpha value is -0.410. The zero-order chi connectivity index (χ0) is 14.6. The third-order valence-corrected chi connectivity index (χ3v) is 4.97. The Labute approximate surface area is 130 Å². The van der Waals surface area contributed by atoms with Gasteiger partial charge in [0.15, 0.2) is 0 Å². The van der Waals surface area contributed by atoms with Crippen molar-refractivity contribution in [2.24, 2.45) is 11.7 Å². The highest BCUT2D eigenvalue weighted by Gasteiger charge is 2.29. The van der Waals surface area contributed by atoms with Crippen LogP contribution in [0.25, 0.3) is 0 Å². The van der Waals surface area contributed by atoms with Gasteiger partial charge in [-0.2, -0.15) is 0 Å². The molecule has 3 heteroatoms. The second-order valence-corrected chi connectivity index (χ2v) is 7.32. The van der Waals surface area contributed by atoms with E-state index in [0.717, 1.165) is 35.2 Å². The second-order valence-electron chi connectivity index (χ2n) is 6.40. The number of nitrogens with two attached hydrogens (primary N) is 1. The van der Waals surface area contributed by atoms with Gasteiger partial charge in [0.05, 0.1) is 0 Å². The predicted molar refractivity (Wildman–Crippen MR) is 86.2 cm³/mol. The first-order chi connectivity index (χ1) is 9.50. The number of rotatable bonds is 4. The van der Waals surface area contributed by atoms with Crippen LogP contribution >= 0.6 is 15.9 Å². The van der Waals surface area contributed by atoms with Crippen LogP contribution in [0.2, 0.25) is 0 Å². The fourth-order valence-electron chi connectivity index (χ4n) is 3.50. The van der Waals surface area contributed by atoms with E-state index in [1.807, 2.05) is 6.07 Å².